The predicted octanol–water partition coefficient (Wildman–Crippen LogP) is 4.84. The number of carbonyl (C=O) groups excluding carboxylic acids is 2. The van der Waals surface area contributed by atoms with Crippen LogP contribution >= 0.6 is 11.6 Å². The zero-order chi connectivity index (χ0) is 44.4. The number of urea groups is 2. The van der Waals surface area contributed by atoms with E-state index in [1.54, 1.807) is 62.9 Å². The number of aryl methyl sites for hydroxylation is 2. The van der Waals surface area contributed by atoms with Crippen molar-refractivity contribution in [3.05, 3.63) is 102 Å². The van der Waals surface area contributed by atoms with Crippen LogP contribution in [0.15, 0.2) is 85.5 Å². The van der Waals surface area contributed by atoms with Crippen molar-refractivity contribution in [3.8, 4) is 0 Å². The first-order valence-corrected chi connectivity index (χ1v) is 22.6. The fraction of sp³-hybridized carbons (Fsp3) is 0.263. The van der Waals surface area contributed by atoms with Crippen molar-refractivity contribution >= 4 is 94.3 Å². The summed E-state index contributed by atoms with van der Waals surface area (Å²) in [6.07, 6.45) is 10.4. The number of hydrogen-bond donors (Lipinski definition) is 8. The van der Waals surface area contributed by atoms with Crippen molar-refractivity contribution in [1.82, 2.24) is 39.3 Å². The molecule has 2 aromatic carbocycles. The van der Waals surface area contributed by atoms with Gasteiger partial charge in [-0.05, 0) is 86.5 Å². The number of carbonyl (C=O) groups is 2. The van der Waals surface area contributed by atoms with Gasteiger partial charge in [0.15, 0.2) is 0 Å². The van der Waals surface area contributed by atoms with Gasteiger partial charge in [-0.3, -0.25) is 20.6 Å². The monoisotopic (exact) mass is 894 g/mol. The quantitative estimate of drug-likeness (QED) is 0.0536. The van der Waals surface area contributed by atoms with Gasteiger partial charge in [-0.15, -0.1) is 0 Å². The average molecular weight is 895 g/mol. The van der Waals surface area contributed by atoms with Gasteiger partial charge in [0.05, 0.1) is 12.5 Å². The molecule has 0 radical (unpaired) electrons. The molecule has 4 heterocycles. The molecule has 324 valence electrons. The molecule has 0 unspecified atom stereocenters. The number of pyridine rings is 2. The van der Waals surface area contributed by atoms with Gasteiger partial charge >= 0.3 is 12.1 Å². The molecule has 0 aliphatic carbocycles. The van der Waals surface area contributed by atoms with Crippen LogP contribution in [0.25, 0.3) is 21.5 Å². The van der Waals surface area contributed by atoms with Crippen molar-refractivity contribution in [2.24, 2.45) is 5.73 Å². The number of sulfonamides is 2. The maximum absolute atomic E-state index is 12.3. The normalized spacial score (nSPS) is 11.0. The van der Waals surface area contributed by atoms with Gasteiger partial charge in [-0.25, -0.2) is 50.8 Å². The minimum absolute atomic E-state index is 0.160. The highest BCUT2D eigenvalue weighted by molar-refractivity contribution is 7.89. The van der Waals surface area contributed by atoms with E-state index in [1.165, 1.54) is 0 Å². The van der Waals surface area contributed by atoms with E-state index in [1.807, 2.05) is 36.4 Å². The molecule has 0 fully saturated rings. The SMILES string of the molecule is CS(=O)(=O)NCCCN.Cc1cc(Cl)nc(NC(=O)Nc2ccc3cnccc3c2)n1.Cc1cc(NCCCNS(C)(=O)=O)nc(NC(=O)Nc2ccc3cnccc3c2)n1. The predicted molar refractivity (Wildman–Crippen MR) is 240 cm³/mol. The van der Waals surface area contributed by atoms with Crippen LogP contribution in [0.5, 0.6) is 0 Å². The number of nitrogens with two attached hydrogens (primary N) is 1. The van der Waals surface area contributed by atoms with Crippen molar-refractivity contribution in [3.63, 3.8) is 0 Å². The third-order valence-corrected chi connectivity index (χ3v) is 9.34. The third kappa shape index (κ3) is 18.3. The molecule has 20 nitrogen and oxygen atoms in total. The molecule has 6 aromatic rings. The Hall–Kier alpha value is -6.17. The molecular weight excluding hydrogens is 848 g/mol. The molecule has 9 N–H and O–H groups in total. The molecule has 23 heteroatoms. The van der Waals surface area contributed by atoms with Gasteiger partial charge in [0.2, 0.25) is 31.9 Å². The Morgan fingerprint density at radius 3 is 1.59 bits per heavy atom. The second kappa shape index (κ2) is 23.0. The summed E-state index contributed by atoms with van der Waals surface area (Å²) in [4.78, 5) is 48.9. The molecule has 61 heavy (non-hydrogen) atoms. The highest BCUT2D eigenvalue weighted by Gasteiger charge is 2.10. The lowest BCUT2D eigenvalue weighted by molar-refractivity contribution is 0.261. The van der Waals surface area contributed by atoms with E-state index in [9.17, 15) is 26.4 Å². The molecule has 6 rings (SSSR count). The van der Waals surface area contributed by atoms with Crippen molar-refractivity contribution in [2.75, 3.05) is 65.3 Å². The van der Waals surface area contributed by atoms with E-state index in [0.717, 1.165) is 34.1 Å². The number of nitrogens with one attached hydrogen (secondary N) is 7. The van der Waals surface area contributed by atoms with E-state index in [-0.39, 0.29) is 17.0 Å². The van der Waals surface area contributed by atoms with Crippen LogP contribution in [0.1, 0.15) is 24.2 Å². The van der Waals surface area contributed by atoms with E-state index in [4.69, 9.17) is 17.3 Å². The maximum atomic E-state index is 12.3. The van der Waals surface area contributed by atoms with Crippen LogP contribution in [0.3, 0.4) is 0 Å². The second-order valence-electron chi connectivity index (χ2n) is 13.2. The Balaban J connectivity index is 0.000000231. The van der Waals surface area contributed by atoms with Gasteiger partial charge in [0.25, 0.3) is 0 Å². The van der Waals surface area contributed by atoms with Gasteiger partial charge in [0, 0.05) is 84.0 Å². The van der Waals surface area contributed by atoms with Crippen LogP contribution in [-0.4, -0.2) is 97.5 Å². The molecule has 4 aromatic heterocycles. The molecule has 0 spiro atoms. The Morgan fingerprint density at radius 2 is 1.10 bits per heavy atom. The summed E-state index contributed by atoms with van der Waals surface area (Å²) in [7, 11) is -6.20. The molecule has 0 aliphatic rings. The van der Waals surface area contributed by atoms with Gasteiger partial charge < -0.3 is 21.7 Å². The summed E-state index contributed by atoms with van der Waals surface area (Å²) >= 11 is 5.83. The summed E-state index contributed by atoms with van der Waals surface area (Å²) in [5.41, 5.74) is 7.77. The number of nitrogens with zero attached hydrogens (tertiary/aromatic N) is 6. The topological polar surface area (TPSA) is 290 Å². The van der Waals surface area contributed by atoms with Crippen molar-refractivity contribution < 1.29 is 26.4 Å². The summed E-state index contributed by atoms with van der Waals surface area (Å²) in [5.74, 6) is 0.858. The number of fused-ring (bicyclic) bond motifs is 2. The van der Waals surface area contributed by atoms with Crippen LogP contribution in [0.4, 0.5) is 38.7 Å². The number of anilines is 5. The lowest BCUT2D eigenvalue weighted by Gasteiger charge is -2.10. The van der Waals surface area contributed by atoms with E-state index >= 15 is 0 Å². The number of aromatic nitrogens is 6. The number of benzene rings is 2. The molecule has 0 atom stereocenters. The average Bonchev–Trinajstić information content (AvgIpc) is 3.17. The number of amides is 4. The highest BCUT2D eigenvalue weighted by atomic mass is 35.5. The first-order valence-electron chi connectivity index (χ1n) is 18.5. The molecule has 0 aliphatic heterocycles. The number of halogens is 1. The first-order chi connectivity index (χ1) is 28.9. The fourth-order valence-electron chi connectivity index (χ4n) is 5.07. The van der Waals surface area contributed by atoms with E-state index < -0.39 is 32.1 Å². The maximum Gasteiger partial charge on any atom is 0.326 e. The molecule has 0 saturated heterocycles. The Bertz CT molecular complexity index is 2640. The van der Waals surface area contributed by atoms with Crippen LogP contribution < -0.4 is 41.8 Å². The number of rotatable bonds is 14. The van der Waals surface area contributed by atoms with Crippen LogP contribution in [-0.2, 0) is 20.0 Å². The minimum Gasteiger partial charge on any atom is -0.370 e. The summed E-state index contributed by atoms with van der Waals surface area (Å²) in [6.45, 7) is 5.35. The summed E-state index contributed by atoms with van der Waals surface area (Å²) < 4.78 is 47.5. The third-order valence-electron chi connectivity index (χ3n) is 7.69. The zero-order valence-corrected chi connectivity index (χ0v) is 36.1. The Morgan fingerprint density at radius 1 is 0.607 bits per heavy atom. The van der Waals surface area contributed by atoms with Gasteiger partial charge in [-0.2, -0.15) is 4.98 Å². The van der Waals surface area contributed by atoms with Crippen molar-refractivity contribution in [1.29, 1.82) is 0 Å². The molecule has 0 saturated carbocycles. The van der Waals surface area contributed by atoms with Gasteiger partial charge in [-0.1, -0.05) is 23.7 Å². The Labute approximate surface area is 358 Å². The lowest BCUT2D eigenvalue weighted by atomic mass is 10.1. The number of hydrogen-bond acceptors (Lipinski definition) is 14. The molecule has 0 bridgehead atoms. The Kier molecular flexibility index (Phi) is 17.9. The van der Waals surface area contributed by atoms with E-state index in [2.05, 4.69) is 65.9 Å². The smallest absolute Gasteiger partial charge is 0.326 e. The lowest BCUT2D eigenvalue weighted by Crippen LogP contribution is -2.24. The van der Waals surface area contributed by atoms with Crippen molar-refractivity contribution in [2.45, 2.75) is 26.7 Å². The second-order valence-corrected chi connectivity index (χ2v) is 17.2. The highest BCUT2D eigenvalue weighted by Crippen LogP contribution is 2.20. The summed E-state index contributed by atoms with van der Waals surface area (Å²) in [5, 5.41) is 18.0. The molecule has 4 amide bonds. The summed E-state index contributed by atoms with van der Waals surface area (Å²) in [6, 6.07) is 17.3. The largest absolute Gasteiger partial charge is 0.370 e. The molecular formula is C38H47ClN14O6S2. The van der Waals surface area contributed by atoms with Crippen LogP contribution in [0.2, 0.25) is 5.15 Å². The minimum atomic E-state index is -3.20. The standard InChI is InChI=1S/C19H23N7O3S.C15H12ClN5O.C4H12N2O2S/c1-13-10-17(21-7-3-8-22-30(2,28)29)25-18(23-13)26-19(27)24-16-5-4-15-12-20-9-6-14(15)11-16;1-9-6-13(16)20-14(18-9)21-15(22)19-12-3-2-11-8-17-5-4-10(11)7-12;1-9(7,8)6-4-2-3-5/h4-6,9-12,22H,3,7-8H2,1-2H3,(H3,21,23,24,25,26,27);2-8H,1H3,(H2,18,19,20,21,22);6H,2-5H2,1H3. The first kappa shape index (κ1) is 47.5. The van der Waals surface area contributed by atoms with Gasteiger partial charge in [0.1, 0.15) is 11.0 Å². The van der Waals surface area contributed by atoms with E-state index in [0.29, 0.717) is 67.6 Å². The zero-order valence-electron chi connectivity index (χ0n) is 33.7. The van der Waals surface area contributed by atoms with Crippen LogP contribution in [0, 0.1) is 13.8 Å². The fourth-order valence-corrected chi connectivity index (χ4v) is 6.34.